The molecule has 2 amide bonds. The Kier molecular flexibility index (Phi) is 4.76. The molecule has 0 aliphatic rings. The highest BCUT2D eigenvalue weighted by atomic mass is 16.2. The Morgan fingerprint density at radius 2 is 1.90 bits per heavy atom. The first kappa shape index (κ1) is 14.4. The Morgan fingerprint density at radius 3 is 2.52 bits per heavy atom. The van der Waals surface area contributed by atoms with Gasteiger partial charge in [0.1, 0.15) is 5.69 Å². The molecule has 2 N–H and O–H groups in total. The van der Waals surface area contributed by atoms with Gasteiger partial charge in [-0.25, -0.2) is 5.43 Å². The second-order valence-corrected chi connectivity index (χ2v) is 4.22. The van der Waals surface area contributed by atoms with E-state index in [9.17, 15) is 9.59 Å². The lowest BCUT2D eigenvalue weighted by molar-refractivity contribution is -0.114. The predicted octanol–water partition coefficient (Wildman–Crippen LogP) is 1.80. The summed E-state index contributed by atoms with van der Waals surface area (Å²) in [7, 11) is 0. The molecule has 106 valence electrons. The van der Waals surface area contributed by atoms with Gasteiger partial charge < -0.3 is 5.32 Å². The summed E-state index contributed by atoms with van der Waals surface area (Å²) in [6.07, 6.45) is 3.05. The summed E-state index contributed by atoms with van der Waals surface area (Å²) in [5.41, 5.74) is 4.20. The molecule has 6 heteroatoms. The van der Waals surface area contributed by atoms with Crippen molar-refractivity contribution in [3.05, 3.63) is 59.9 Å². The molecule has 0 spiro atoms. The minimum atomic E-state index is -0.373. The van der Waals surface area contributed by atoms with Crippen LogP contribution in [0.5, 0.6) is 0 Å². The van der Waals surface area contributed by atoms with Gasteiger partial charge in [-0.15, -0.1) is 0 Å². The molecule has 0 saturated heterocycles. The van der Waals surface area contributed by atoms with Gasteiger partial charge in [-0.05, 0) is 29.8 Å². The van der Waals surface area contributed by atoms with E-state index < -0.39 is 0 Å². The molecule has 0 aliphatic carbocycles. The zero-order valence-electron chi connectivity index (χ0n) is 11.4. The first-order valence-corrected chi connectivity index (χ1v) is 6.27. The van der Waals surface area contributed by atoms with Gasteiger partial charge in [0.05, 0.1) is 6.21 Å². The number of aromatic nitrogens is 1. The molecule has 0 bridgehead atoms. The second kappa shape index (κ2) is 6.95. The van der Waals surface area contributed by atoms with Crippen LogP contribution < -0.4 is 10.7 Å². The third kappa shape index (κ3) is 4.54. The maximum atomic E-state index is 11.7. The van der Waals surface area contributed by atoms with Crippen molar-refractivity contribution >= 4 is 23.7 Å². The fourth-order valence-electron chi connectivity index (χ4n) is 1.58. The first-order valence-electron chi connectivity index (χ1n) is 6.27. The van der Waals surface area contributed by atoms with Gasteiger partial charge in [0.15, 0.2) is 0 Å². The third-order valence-electron chi connectivity index (χ3n) is 2.51. The molecule has 21 heavy (non-hydrogen) atoms. The van der Waals surface area contributed by atoms with Crippen LogP contribution in [-0.2, 0) is 4.79 Å². The minimum Gasteiger partial charge on any atom is -0.326 e. The molecule has 0 unspecified atom stereocenters. The summed E-state index contributed by atoms with van der Waals surface area (Å²) in [6, 6.07) is 12.1. The van der Waals surface area contributed by atoms with Crippen LogP contribution in [-0.4, -0.2) is 23.0 Å². The highest BCUT2D eigenvalue weighted by molar-refractivity contribution is 5.93. The lowest BCUT2D eigenvalue weighted by Crippen LogP contribution is -2.18. The summed E-state index contributed by atoms with van der Waals surface area (Å²) >= 11 is 0. The van der Waals surface area contributed by atoms with E-state index in [1.807, 2.05) is 0 Å². The Balaban J connectivity index is 1.92. The zero-order chi connectivity index (χ0) is 15.1. The van der Waals surface area contributed by atoms with Crippen molar-refractivity contribution in [2.45, 2.75) is 6.92 Å². The second-order valence-electron chi connectivity index (χ2n) is 4.22. The SMILES string of the molecule is CC(=O)Nc1ccc(/C=N\NC(=O)c2ccccn2)cc1. The van der Waals surface area contributed by atoms with Crippen LogP contribution in [0.25, 0.3) is 0 Å². The summed E-state index contributed by atoms with van der Waals surface area (Å²) in [5, 5.41) is 6.52. The van der Waals surface area contributed by atoms with E-state index in [1.165, 1.54) is 13.1 Å². The van der Waals surface area contributed by atoms with E-state index in [0.717, 1.165) is 5.56 Å². The number of rotatable bonds is 4. The van der Waals surface area contributed by atoms with Gasteiger partial charge in [-0.1, -0.05) is 18.2 Å². The number of hydrazone groups is 1. The topological polar surface area (TPSA) is 83.5 Å². The number of hydrogen-bond donors (Lipinski definition) is 2. The Hall–Kier alpha value is -3.02. The summed E-state index contributed by atoms with van der Waals surface area (Å²) < 4.78 is 0. The highest BCUT2D eigenvalue weighted by Crippen LogP contribution is 2.07. The molecular weight excluding hydrogens is 268 g/mol. The quantitative estimate of drug-likeness (QED) is 0.662. The van der Waals surface area contributed by atoms with Crippen molar-refractivity contribution in [3.63, 3.8) is 0 Å². The maximum Gasteiger partial charge on any atom is 0.289 e. The molecular formula is C15H14N4O2. The van der Waals surface area contributed by atoms with Crippen LogP contribution in [0.2, 0.25) is 0 Å². The molecule has 0 atom stereocenters. The molecule has 6 nitrogen and oxygen atoms in total. The molecule has 0 radical (unpaired) electrons. The first-order chi connectivity index (χ1) is 10.1. The number of anilines is 1. The van der Waals surface area contributed by atoms with Gasteiger partial charge in [0, 0.05) is 18.8 Å². The van der Waals surface area contributed by atoms with E-state index in [1.54, 1.807) is 48.7 Å². The number of benzene rings is 1. The lowest BCUT2D eigenvalue weighted by Gasteiger charge is -2.01. The van der Waals surface area contributed by atoms with Gasteiger partial charge in [-0.3, -0.25) is 14.6 Å². The largest absolute Gasteiger partial charge is 0.326 e. The Bertz CT molecular complexity index is 651. The van der Waals surface area contributed by atoms with Crippen LogP contribution >= 0.6 is 0 Å². The number of nitrogens with zero attached hydrogens (tertiary/aromatic N) is 2. The van der Waals surface area contributed by atoms with Gasteiger partial charge in [0.2, 0.25) is 5.91 Å². The third-order valence-corrected chi connectivity index (χ3v) is 2.51. The average Bonchev–Trinajstić information content (AvgIpc) is 2.49. The van der Waals surface area contributed by atoms with E-state index in [-0.39, 0.29) is 11.8 Å². The molecule has 2 aromatic rings. The summed E-state index contributed by atoms with van der Waals surface area (Å²) in [5.74, 6) is -0.499. The van der Waals surface area contributed by atoms with Crippen molar-refractivity contribution in [1.82, 2.24) is 10.4 Å². The molecule has 1 aromatic heterocycles. The van der Waals surface area contributed by atoms with E-state index in [2.05, 4.69) is 20.8 Å². The van der Waals surface area contributed by atoms with Crippen molar-refractivity contribution in [1.29, 1.82) is 0 Å². The smallest absolute Gasteiger partial charge is 0.289 e. The highest BCUT2D eigenvalue weighted by Gasteiger charge is 2.03. The van der Waals surface area contributed by atoms with E-state index in [4.69, 9.17) is 0 Å². The van der Waals surface area contributed by atoms with Crippen LogP contribution in [0.1, 0.15) is 23.0 Å². The van der Waals surface area contributed by atoms with Gasteiger partial charge >= 0.3 is 0 Å². The molecule has 0 aliphatic heterocycles. The van der Waals surface area contributed by atoms with Gasteiger partial charge in [-0.2, -0.15) is 5.10 Å². The van der Waals surface area contributed by atoms with Crippen molar-refractivity contribution in [2.24, 2.45) is 5.10 Å². The van der Waals surface area contributed by atoms with Crippen LogP contribution in [0.3, 0.4) is 0 Å². The Morgan fingerprint density at radius 1 is 1.14 bits per heavy atom. The molecule has 1 aromatic carbocycles. The van der Waals surface area contributed by atoms with Crippen LogP contribution in [0, 0.1) is 0 Å². The number of nitrogens with one attached hydrogen (secondary N) is 2. The van der Waals surface area contributed by atoms with Crippen LogP contribution in [0.15, 0.2) is 53.8 Å². The fourth-order valence-corrected chi connectivity index (χ4v) is 1.58. The lowest BCUT2D eigenvalue weighted by atomic mass is 10.2. The summed E-state index contributed by atoms with van der Waals surface area (Å²) in [4.78, 5) is 26.5. The fraction of sp³-hybridized carbons (Fsp3) is 0.0667. The Labute approximate surface area is 121 Å². The molecule has 2 rings (SSSR count). The number of hydrogen-bond acceptors (Lipinski definition) is 4. The van der Waals surface area contributed by atoms with Crippen molar-refractivity contribution in [3.8, 4) is 0 Å². The number of amides is 2. The minimum absolute atomic E-state index is 0.126. The zero-order valence-corrected chi connectivity index (χ0v) is 11.4. The monoisotopic (exact) mass is 282 g/mol. The molecule has 0 saturated carbocycles. The molecule has 0 fully saturated rings. The summed E-state index contributed by atoms with van der Waals surface area (Å²) in [6.45, 7) is 1.45. The van der Waals surface area contributed by atoms with Crippen molar-refractivity contribution < 1.29 is 9.59 Å². The number of carbonyl (C=O) groups is 2. The van der Waals surface area contributed by atoms with Gasteiger partial charge in [0.25, 0.3) is 5.91 Å². The normalized spacial score (nSPS) is 10.3. The standard InChI is InChI=1S/C15H14N4O2/c1-11(20)18-13-7-5-12(6-8-13)10-17-19-15(21)14-4-2-3-9-16-14/h2-10H,1H3,(H,18,20)(H,19,21)/b17-10-. The maximum absolute atomic E-state index is 11.7. The number of carbonyl (C=O) groups excluding carboxylic acids is 2. The van der Waals surface area contributed by atoms with E-state index >= 15 is 0 Å². The predicted molar refractivity (Wildman–Crippen MR) is 80.0 cm³/mol. The van der Waals surface area contributed by atoms with Crippen molar-refractivity contribution in [2.75, 3.05) is 5.32 Å². The average molecular weight is 282 g/mol. The number of pyridine rings is 1. The molecule has 1 heterocycles. The van der Waals surface area contributed by atoms with E-state index in [0.29, 0.717) is 11.4 Å². The van der Waals surface area contributed by atoms with Crippen LogP contribution in [0.4, 0.5) is 5.69 Å².